The first-order valence-electron chi connectivity index (χ1n) is 3.59. The zero-order valence-corrected chi connectivity index (χ0v) is 9.50. The van der Waals surface area contributed by atoms with Crippen LogP contribution in [0.4, 0.5) is 0 Å². The van der Waals surface area contributed by atoms with Crippen molar-refractivity contribution in [3.8, 4) is 0 Å². The van der Waals surface area contributed by atoms with E-state index in [2.05, 4.69) is 45.2 Å². The Morgan fingerprint density at radius 1 is 0.889 bits per heavy atom. The summed E-state index contributed by atoms with van der Waals surface area (Å²) in [6.45, 7) is 0. The van der Waals surface area contributed by atoms with Gasteiger partial charge in [-0.05, 0) is 24.7 Å². The van der Waals surface area contributed by atoms with Crippen LogP contribution < -0.4 is 0 Å². The van der Waals surface area contributed by atoms with E-state index in [0.29, 0.717) is 0 Å². The van der Waals surface area contributed by atoms with Gasteiger partial charge in [-0.15, -0.1) is 0 Å². The van der Waals surface area contributed by atoms with Crippen molar-refractivity contribution in [1.82, 2.24) is 0 Å². The second-order valence-corrected chi connectivity index (χ2v) is 6.02. The van der Waals surface area contributed by atoms with Crippen LogP contribution in [0.1, 0.15) is 19.3 Å². The van der Waals surface area contributed by atoms with Gasteiger partial charge in [0.1, 0.15) is 0 Å². The third-order valence-corrected chi connectivity index (χ3v) is 6.41. The predicted octanol–water partition coefficient (Wildman–Crippen LogP) is 3.02. The molecule has 3 rings (SSSR count). The highest BCUT2D eigenvalue weighted by atomic mass is 127. The number of rotatable bonds is 0. The molecular weight excluding hydrogens is 338 g/mol. The van der Waals surface area contributed by atoms with Crippen LogP contribution in [-0.4, -0.2) is 7.85 Å². The molecule has 0 aromatic carbocycles. The van der Waals surface area contributed by atoms with E-state index in [1.807, 2.05) is 0 Å². The van der Waals surface area contributed by atoms with Gasteiger partial charge in [-0.25, -0.2) is 0 Å². The largest absolute Gasteiger partial charge is 0.0819 e. The Morgan fingerprint density at radius 3 is 1.56 bits per heavy atom. The molecule has 0 aliphatic heterocycles. The van der Waals surface area contributed by atoms with Crippen molar-refractivity contribution < 1.29 is 0 Å². The second-order valence-electron chi connectivity index (χ2n) is 3.15. The summed E-state index contributed by atoms with van der Waals surface area (Å²) in [4.78, 5) is 0. The van der Waals surface area contributed by atoms with E-state index in [-0.39, 0.29) is 0 Å². The zero-order valence-electron chi connectivity index (χ0n) is 5.19. The monoisotopic (exact) mass is 348 g/mol. The molecule has 0 spiro atoms. The Balaban J connectivity index is 2.08. The molecule has 0 saturated heterocycles. The average Bonchev–Trinajstić information content (AvgIpc) is 1.91. The minimum absolute atomic E-state index is 1.04. The summed E-state index contributed by atoms with van der Waals surface area (Å²) < 4.78 is 2.08. The highest BCUT2D eigenvalue weighted by Gasteiger charge is 2.49. The number of hydrogen-bond donors (Lipinski definition) is 0. The molecule has 2 heteroatoms. The fraction of sp³-hybridized carbons (Fsp3) is 1.00. The highest BCUT2D eigenvalue weighted by molar-refractivity contribution is 14.1. The summed E-state index contributed by atoms with van der Waals surface area (Å²) in [6, 6.07) is 0. The first-order chi connectivity index (χ1) is 4.30. The number of halogens is 2. The molecule has 52 valence electrons. The maximum absolute atomic E-state index is 2.64. The average molecular weight is 348 g/mol. The first-order valence-corrected chi connectivity index (χ1v) is 6.08. The summed E-state index contributed by atoms with van der Waals surface area (Å²) in [5, 5.41) is 0. The van der Waals surface area contributed by atoms with Crippen LogP contribution in [0.3, 0.4) is 0 Å². The molecule has 0 N–H and O–H groups in total. The lowest BCUT2D eigenvalue weighted by atomic mass is 9.65. The van der Waals surface area contributed by atoms with Crippen LogP contribution in [0.15, 0.2) is 0 Å². The van der Waals surface area contributed by atoms with E-state index in [1.54, 1.807) is 0 Å². The Hall–Kier alpha value is 1.46. The highest BCUT2D eigenvalue weighted by Crippen LogP contribution is 2.53. The van der Waals surface area contributed by atoms with Gasteiger partial charge in [-0.1, -0.05) is 51.6 Å². The van der Waals surface area contributed by atoms with Gasteiger partial charge < -0.3 is 0 Å². The van der Waals surface area contributed by atoms with Crippen molar-refractivity contribution in [3.63, 3.8) is 0 Å². The molecule has 3 saturated carbocycles. The minimum atomic E-state index is 1.04. The van der Waals surface area contributed by atoms with Crippen LogP contribution >= 0.6 is 45.2 Å². The Labute approximate surface area is 83.4 Å². The summed E-state index contributed by atoms with van der Waals surface area (Å²) >= 11 is 5.29. The Bertz CT molecular complexity index is 102. The van der Waals surface area contributed by atoms with Crippen LogP contribution in [0.25, 0.3) is 0 Å². The third-order valence-electron chi connectivity index (χ3n) is 2.71. The molecule has 2 bridgehead atoms. The summed E-state index contributed by atoms with van der Waals surface area (Å²) in [5.41, 5.74) is 0. The van der Waals surface area contributed by atoms with Gasteiger partial charge in [0, 0.05) is 7.85 Å². The van der Waals surface area contributed by atoms with Gasteiger partial charge in [0.15, 0.2) is 0 Å². The molecule has 3 aliphatic rings. The van der Waals surface area contributed by atoms with Crippen molar-refractivity contribution in [3.05, 3.63) is 0 Å². The topological polar surface area (TPSA) is 0 Å². The maximum atomic E-state index is 2.64. The predicted molar refractivity (Wildman–Crippen MR) is 56.4 cm³/mol. The molecular formula is C7H10I2. The van der Waals surface area contributed by atoms with E-state index in [0.717, 1.165) is 19.7 Å². The molecule has 3 aliphatic carbocycles. The lowest BCUT2D eigenvalue weighted by Gasteiger charge is -2.51. The van der Waals surface area contributed by atoms with Crippen LogP contribution in [0, 0.1) is 11.8 Å². The molecule has 3 fully saturated rings. The molecule has 0 aromatic rings. The first kappa shape index (κ1) is 7.13. The van der Waals surface area contributed by atoms with E-state index in [4.69, 9.17) is 0 Å². The molecule has 0 aromatic heterocycles. The molecule has 0 atom stereocenters. The van der Waals surface area contributed by atoms with Gasteiger partial charge in [0.25, 0.3) is 0 Å². The van der Waals surface area contributed by atoms with Gasteiger partial charge in [-0.2, -0.15) is 0 Å². The van der Waals surface area contributed by atoms with E-state index < -0.39 is 0 Å². The van der Waals surface area contributed by atoms with Crippen molar-refractivity contribution >= 4 is 45.2 Å². The van der Waals surface area contributed by atoms with E-state index in [9.17, 15) is 0 Å². The van der Waals surface area contributed by atoms with Crippen molar-refractivity contribution in [2.75, 3.05) is 0 Å². The molecule has 0 unspecified atom stereocenters. The Morgan fingerprint density at radius 2 is 1.33 bits per heavy atom. The third kappa shape index (κ3) is 0.957. The van der Waals surface area contributed by atoms with Crippen molar-refractivity contribution in [1.29, 1.82) is 0 Å². The molecule has 0 heterocycles. The summed E-state index contributed by atoms with van der Waals surface area (Å²) in [6.07, 6.45) is 4.53. The van der Waals surface area contributed by atoms with Gasteiger partial charge in [0.2, 0.25) is 0 Å². The van der Waals surface area contributed by atoms with Gasteiger partial charge in [-0.3, -0.25) is 0 Å². The van der Waals surface area contributed by atoms with Crippen LogP contribution in [0.2, 0.25) is 0 Å². The molecule has 0 nitrogen and oxygen atoms in total. The minimum Gasteiger partial charge on any atom is -0.0819 e. The number of hydrogen-bond acceptors (Lipinski definition) is 0. The van der Waals surface area contributed by atoms with E-state index in [1.165, 1.54) is 19.3 Å². The second kappa shape index (κ2) is 2.50. The quantitative estimate of drug-likeness (QED) is 0.467. The number of alkyl halides is 2. The van der Waals surface area contributed by atoms with Crippen molar-refractivity contribution in [2.45, 2.75) is 27.1 Å². The normalized spacial score (nSPS) is 56.7. The van der Waals surface area contributed by atoms with E-state index >= 15 is 0 Å². The smallest absolute Gasteiger partial charge is 0.0186 e. The fourth-order valence-electron chi connectivity index (χ4n) is 2.07. The molecule has 9 heavy (non-hydrogen) atoms. The summed E-state index contributed by atoms with van der Waals surface area (Å²) in [7, 11) is 0. The standard InChI is InChI=1S/C7H10I2/c8-6-4-2-1-3-5(6)7(4)9/h4-7H,1-3H2. The van der Waals surface area contributed by atoms with Crippen LogP contribution in [-0.2, 0) is 0 Å². The fourth-order valence-corrected chi connectivity index (χ4v) is 6.88. The maximum Gasteiger partial charge on any atom is 0.0186 e. The van der Waals surface area contributed by atoms with Crippen molar-refractivity contribution in [2.24, 2.45) is 11.8 Å². The molecule has 0 radical (unpaired) electrons. The molecule has 0 amide bonds. The van der Waals surface area contributed by atoms with Gasteiger partial charge in [0.05, 0.1) is 0 Å². The lowest BCUT2D eigenvalue weighted by Crippen LogP contribution is -2.51. The zero-order chi connectivity index (χ0) is 6.43. The van der Waals surface area contributed by atoms with Crippen LogP contribution in [0.5, 0.6) is 0 Å². The summed E-state index contributed by atoms with van der Waals surface area (Å²) in [5.74, 6) is 2.18. The lowest BCUT2D eigenvalue weighted by molar-refractivity contribution is 0.162. The number of fused-ring (bicyclic) bond motifs is 2. The SMILES string of the molecule is IC1C2CCCC1C2I. The van der Waals surface area contributed by atoms with Gasteiger partial charge >= 0.3 is 0 Å². The Kier molecular flexibility index (Phi) is 1.98.